The minimum Gasteiger partial charge on any atom is -0.289 e. The van der Waals surface area contributed by atoms with Gasteiger partial charge in [0.1, 0.15) is 0 Å². The summed E-state index contributed by atoms with van der Waals surface area (Å²) in [5.74, 6) is 0.266. The first-order chi connectivity index (χ1) is 13.2. The van der Waals surface area contributed by atoms with Crippen molar-refractivity contribution < 1.29 is 21.6 Å². The predicted molar refractivity (Wildman–Crippen MR) is 113 cm³/mol. The van der Waals surface area contributed by atoms with E-state index in [-0.39, 0.29) is 34.0 Å². The van der Waals surface area contributed by atoms with Crippen LogP contribution < -0.4 is 9.44 Å². The summed E-state index contributed by atoms with van der Waals surface area (Å²) < 4.78 is 54.0. The predicted octanol–water partition coefficient (Wildman–Crippen LogP) is 1.31. The molecule has 0 atom stereocenters. The summed E-state index contributed by atoms with van der Waals surface area (Å²) in [5.41, 5.74) is 1.59. The number of nitrogens with one attached hydrogen (secondary N) is 2. The number of hydrogen-bond donors (Lipinski definition) is 4. The lowest BCUT2D eigenvalue weighted by atomic mass is 10.1. The molecule has 3 rings (SSSR count). The molecule has 2 N–H and O–H groups in total. The van der Waals surface area contributed by atoms with E-state index in [1.165, 1.54) is 24.3 Å². The molecule has 0 fully saturated rings. The van der Waals surface area contributed by atoms with Gasteiger partial charge in [0.15, 0.2) is 5.78 Å². The van der Waals surface area contributed by atoms with Crippen LogP contribution in [0.4, 0.5) is 0 Å². The Morgan fingerprint density at radius 3 is 1.43 bits per heavy atom. The van der Waals surface area contributed by atoms with Crippen molar-refractivity contribution >= 4 is 51.1 Å². The molecule has 0 radical (unpaired) electrons. The van der Waals surface area contributed by atoms with E-state index in [4.69, 9.17) is 0 Å². The number of sulfonamides is 2. The highest BCUT2D eigenvalue weighted by Crippen LogP contribution is 2.38. The van der Waals surface area contributed by atoms with Gasteiger partial charge in [-0.15, -0.1) is 0 Å². The van der Waals surface area contributed by atoms with Crippen molar-refractivity contribution in [1.82, 2.24) is 9.44 Å². The van der Waals surface area contributed by atoms with Crippen LogP contribution in [-0.4, -0.2) is 47.2 Å². The summed E-state index contributed by atoms with van der Waals surface area (Å²) in [6.45, 7) is 0.328. The van der Waals surface area contributed by atoms with Crippen molar-refractivity contribution in [2.24, 2.45) is 0 Å². The smallest absolute Gasteiger partial charge is 0.240 e. The first-order valence-electron chi connectivity index (χ1n) is 8.25. The van der Waals surface area contributed by atoms with Crippen LogP contribution in [-0.2, 0) is 20.0 Å². The first-order valence-corrected chi connectivity index (χ1v) is 12.5. The lowest BCUT2D eigenvalue weighted by Crippen LogP contribution is -2.25. The topological polar surface area (TPSA) is 109 Å². The number of thiol groups is 2. The number of carbonyl (C=O) groups is 1. The second-order valence-corrected chi connectivity index (χ2v) is 10.4. The molecule has 1 aliphatic rings. The largest absolute Gasteiger partial charge is 0.289 e. The normalized spacial score (nSPS) is 13.4. The van der Waals surface area contributed by atoms with Gasteiger partial charge in [-0.3, -0.25) is 4.79 Å². The molecule has 0 aromatic heterocycles. The van der Waals surface area contributed by atoms with Crippen LogP contribution in [0.25, 0.3) is 11.1 Å². The number of benzene rings is 2. The highest BCUT2D eigenvalue weighted by atomic mass is 32.2. The number of rotatable bonds is 8. The van der Waals surface area contributed by atoms with E-state index >= 15 is 0 Å². The Labute approximate surface area is 174 Å². The number of ketones is 1. The van der Waals surface area contributed by atoms with Gasteiger partial charge in [-0.2, -0.15) is 25.3 Å². The van der Waals surface area contributed by atoms with E-state index < -0.39 is 25.8 Å². The summed E-state index contributed by atoms with van der Waals surface area (Å²) in [7, 11) is -7.52. The molecule has 1 aliphatic carbocycles. The summed E-state index contributed by atoms with van der Waals surface area (Å²) in [6.07, 6.45) is 0. The zero-order valence-electron chi connectivity index (χ0n) is 14.5. The van der Waals surface area contributed by atoms with Gasteiger partial charge < -0.3 is 0 Å². The van der Waals surface area contributed by atoms with Crippen molar-refractivity contribution in [1.29, 1.82) is 0 Å². The van der Waals surface area contributed by atoms with E-state index in [9.17, 15) is 21.6 Å². The van der Waals surface area contributed by atoms with Gasteiger partial charge in [-0.1, -0.05) is 12.1 Å². The van der Waals surface area contributed by atoms with Gasteiger partial charge in [-0.05, 0) is 35.4 Å². The first kappa shape index (κ1) is 21.3. The van der Waals surface area contributed by atoms with Gasteiger partial charge in [0.05, 0.1) is 9.79 Å². The molecule has 0 saturated carbocycles. The fraction of sp³-hybridized carbons (Fsp3) is 0.235. The lowest BCUT2D eigenvalue weighted by Gasteiger charge is -2.08. The van der Waals surface area contributed by atoms with Gasteiger partial charge in [0.25, 0.3) is 0 Å². The molecule has 0 saturated heterocycles. The Balaban J connectivity index is 2.01. The SMILES string of the molecule is O=C1c2cc(S(=O)(=O)NCCS)ccc2-c2ccc(S(=O)(=O)NCCS)cc21. The molecule has 0 bridgehead atoms. The van der Waals surface area contributed by atoms with Crippen LogP contribution in [0.3, 0.4) is 0 Å². The Hall–Kier alpha value is -1.37. The Morgan fingerprint density at radius 1 is 0.679 bits per heavy atom. The van der Waals surface area contributed by atoms with Gasteiger partial charge in [-0.25, -0.2) is 26.3 Å². The molecule has 2 aromatic rings. The zero-order chi connectivity index (χ0) is 20.5. The Bertz CT molecular complexity index is 1050. The van der Waals surface area contributed by atoms with Crippen molar-refractivity contribution in [2.75, 3.05) is 24.6 Å². The third-order valence-electron chi connectivity index (χ3n) is 4.19. The van der Waals surface area contributed by atoms with Crippen molar-refractivity contribution in [2.45, 2.75) is 9.79 Å². The molecule has 7 nitrogen and oxygen atoms in total. The lowest BCUT2D eigenvalue weighted by molar-refractivity contribution is 0.104. The average molecular weight is 459 g/mol. The van der Waals surface area contributed by atoms with E-state index in [0.717, 1.165) is 0 Å². The maximum atomic E-state index is 12.8. The molecule has 11 heteroatoms. The van der Waals surface area contributed by atoms with Crippen LogP contribution in [0, 0.1) is 0 Å². The quantitative estimate of drug-likeness (QED) is 0.381. The molecule has 0 heterocycles. The Kier molecular flexibility index (Phi) is 6.23. The van der Waals surface area contributed by atoms with E-state index in [0.29, 0.717) is 22.6 Å². The highest BCUT2D eigenvalue weighted by molar-refractivity contribution is 7.90. The summed E-state index contributed by atoms with van der Waals surface area (Å²) in [5, 5.41) is 0. The zero-order valence-corrected chi connectivity index (χ0v) is 18.0. The number of carbonyl (C=O) groups excluding carboxylic acids is 1. The van der Waals surface area contributed by atoms with Crippen LogP contribution in [0.2, 0.25) is 0 Å². The summed E-state index contributed by atoms with van der Waals surface area (Å²) >= 11 is 7.95. The van der Waals surface area contributed by atoms with Crippen LogP contribution in [0.5, 0.6) is 0 Å². The molecule has 0 amide bonds. The molecule has 150 valence electrons. The number of hydrogen-bond acceptors (Lipinski definition) is 7. The van der Waals surface area contributed by atoms with Crippen LogP contribution in [0.1, 0.15) is 15.9 Å². The second kappa shape index (κ2) is 8.17. The fourth-order valence-corrected chi connectivity index (χ4v) is 5.54. The monoisotopic (exact) mass is 458 g/mol. The molecule has 2 aromatic carbocycles. The van der Waals surface area contributed by atoms with Crippen LogP contribution >= 0.6 is 25.3 Å². The maximum absolute atomic E-state index is 12.8. The molecular weight excluding hydrogens is 440 g/mol. The minimum atomic E-state index is -3.76. The summed E-state index contributed by atoms with van der Waals surface area (Å²) in [6, 6.07) is 8.57. The minimum absolute atomic E-state index is 0.0301. The molecule has 0 unspecified atom stereocenters. The molecular formula is C17H18N2O5S4. The van der Waals surface area contributed by atoms with E-state index in [2.05, 4.69) is 34.7 Å². The Morgan fingerprint density at radius 2 is 1.07 bits per heavy atom. The van der Waals surface area contributed by atoms with Crippen molar-refractivity contribution in [3.8, 4) is 11.1 Å². The maximum Gasteiger partial charge on any atom is 0.240 e. The van der Waals surface area contributed by atoms with Gasteiger partial charge in [0.2, 0.25) is 20.0 Å². The van der Waals surface area contributed by atoms with Gasteiger partial charge in [0, 0.05) is 35.7 Å². The van der Waals surface area contributed by atoms with E-state index in [1.54, 1.807) is 12.1 Å². The molecule has 0 aliphatic heterocycles. The highest BCUT2D eigenvalue weighted by Gasteiger charge is 2.30. The van der Waals surface area contributed by atoms with Gasteiger partial charge >= 0.3 is 0 Å². The summed E-state index contributed by atoms with van der Waals surface area (Å²) in [4.78, 5) is 12.8. The molecule has 0 spiro atoms. The third-order valence-corrected chi connectivity index (χ3v) is 7.55. The molecule has 28 heavy (non-hydrogen) atoms. The third kappa shape index (κ3) is 4.00. The van der Waals surface area contributed by atoms with Crippen LogP contribution in [0.15, 0.2) is 46.2 Å². The van der Waals surface area contributed by atoms with Crippen molar-refractivity contribution in [3.05, 3.63) is 47.5 Å². The second-order valence-electron chi connectivity index (χ2n) is 5.99. The van der Waals surface area contributed by atoms with Crippen molar-refractivity contribution in [3.63, 3.8) is 0 Å². The standard InChI is InChI=1S/C17H18N2O5S4/c20-17-15-9-11(27(21,22)18-5-7-25)1-3-13(15)14-4-2-12(10-16(14)17)28(23,24)19-6-8-26/h1-4,9-10,18-19,25-26H,5-8H2. The number of fused-ring (bicyclic) bond motifs is 3. The fourth-order valence-electron chi connectivity index (χ4n) is 2.90. The van der Waals surface area contributed by atoms with E-state index in [1.807, 2.05) is 0 Å². The average Bonchev–Trinajstić information content (AvgIpc) is 2.96.